The van der Waals surface area contributed by atoms with Crippen molar-refractivity contribution in [3.63, 3.8) is 0 Å². The molecule has 1 atom stereocenters. The van der Waals surface area contributed by atoms with Crippen molar-refractivity contribution in [2.75, 3.05) is 26.2 Å². The van der Waals surface area contributed by atoms with Crippen LogP contribution in [-0.4, -0.2) is 47.9 Å². The molecule has 1 saturated heterocycles. The first-order valence-corrected chi connectivity index (χ1v) is 8.50. The van der Waals surface area contributed by atoms with Gasteiger partial charge in [-0.15, -0.1) is 24.8 Å². The van der Waals surface area contributed by atoms with Crippen LogP contribution in [0.4, 0.5) is 0 Å². The van der Waals surface area contributed by atoms with Crippen LogP contribution in [0.2, 0.25) is 0 Å². The van der Waals surface area contributed by atoms with E-state index in [1.165, 1.54) is 5.56 Å². The second kappa shape index (κ2) is 12.5. The second-order valence-electron chi connectivity index (χ2n) is 6.14. The highest BCUT2D eigenvalue weighted by atomic mass is 35.5. The summed E-state index contributed by atoms with van der Waals surface area (Å²) >= 11 is 0. The molecule has 1 aliphatic heterocycles. The van der Waals surface area contributed by atoms with E-state index in [1.54, 1.807) is 0 Å². The van der Waals surface area contributed by atoms with E-state index < -0.39 is 0 Å². The van der Waals surface area contributed by atoms with Gasteiger partial charge < -0.3 is 10.6 Å². The molecule has 0 aliphatic carbocycles. The Bertz CT molecular complexity index is 459. The SMILES string of the molecule is CCCN(C(=O)CCN)C1CCCN(Cc2ccccc2)C1.Cl.Cl. The fraction of sp³-hybridized carbons (Fsp3) is 0.611. The number of rotatable bonds is 7. The van der Waals surface area contributed by atoms with Gasteiger partial charge in [0, 0.05) is 38.6 Å². The molecule has 0 saturated carbocycles. The van der Waals surface area contributed by atoms with Crippen LogP contribution in [0, 0.1) is 0 Å². The first kappa shape index (κ1) is 23.2. The summed E-state index contributed by atoms with van der Waals surface area (Å²) in [6, 6.07) is 10.9. The topological polar surface area (TPSA) is 49.6 Å². The zero-order valence-electron chi connectivity index (χ0n) is 14.5. The van der Waals surface area contributed by atoms with Gasteiger partial charge in [-0.25, -0.2) is 0 Å². The molecule has 2 N–H and O–H groups in total. The number of nitrogens with two attached hydrogens (primary N) is 1. The lowest BCUT2D eigenvalue weighted by molar-refractivity contribution is -0.134. The minimum absolute atomic E-state index is 0. The maximum atomic E-state index is 12.3. The van der Waals surface area contributed by atoms with Crippen LogP contribution in [0.1, 0.15) is 38.2 Å². The van der Waals surface area contributed by atoms with Crippen molar-refractivity contribution < 1.29 is 4.79 Å². The van der Waals surface area contributed by atoms with Crippen molar-refractivity contribution in [2.24, 2.45) is 5.73 Å². The second-order valence-corrected chi connectivity index (χ2v) is 6.14. The molecule has 1 aliphatic rings. The highest BCUT2D eigenvalue weighted by Gasteiger charge is 2.27. The van der Waals surface area contributed by atoms with Gasteiger partial charge in [-0.05, 0) is 31.4 Å². The van der Waals surface area contributed by atoms with Crippen LogP contribution < -0.4 is 5.73 Å². The zero-order chi connectivity index (χ0) is 15.8. The quantitative estimate of drug-likeness (QED) is 0.796. The summed E-state index contributed by atoms with van der Waals surface area (Å²) in [4.78, 5) is 16.9. The summed E-state index contributed by atoms with van der Waals surface area (Å²) < 4.78 is 0. The van der Waals surface area contributed by atoms with Crippen LogP contribution >= 0.6 is 24.8 Å². The Labute approximate surface area is 158 Å². The molecule has 0 radical (unpaired) electrons. The van der Waals surface area contributed by atoms with Gasteiger partial charge in [0.25, 0.3) is 0 Å². The highest BCUT2D eigenvalue weighted by Crippen LogP contribution is 2.19. The van der Waals surface area contributed by atoms with Crippen molar-refractivity contribution in [1.29, 1.82) is 0 Å². The van der Waals surface area contributed by atoms with E-state index in [9.17, 15) is 4.79 Å². The third kappa shape index (κ3) is 6.98. The maximum absolute atomic E-state index is 12.3. The molecule has 0 aromatic heterocycles. The predicted octanol–water partition coefficient (Wildman–Crippen LogP) is 3.08. The number of carbonyl (C=O) groups excluding carboxylic acids is 1. The minimum atomic E-state index is 0. The Morgan fingerprint density at radius 3 is 2.62 bits per heavy atom. The molecule has 138 valence electrons. The van der Waals surface area contributed by atoms with Crippen molar-refractivity contribution in [3.8, 4) is 0 Å². The molecule has 4 nitrogen and oxygen atoms in total. The van der Waals surface area contributed by atoms with Gasteiger partial charge in [-0.2, -0.15) is 0 Å². The van der Waals surface area contributed by atoms with Crippen LogP contribution in [-0.2, 0) is 11.3 Å². The van der Waals surface area contributed by atoms with Crippen molar-refractivity contribution in [3.05, 3.63) is 35.9 Å². The number of piperidine rings is 1. The van der Waals surface area contributed by atoms with E-state index in [0.717, 1.165) is 45.4 Å². The van der Waals surface area contributed by atoms with E-state index in [0.29, 0.717) is 19.0 Å². The van der Waals surface area contributed by atoms with E-state index in [4.69, 9.17) is 5.73 Å². The summed E-state index contributed by atoms with van der Waals surface area (Å²) in [7, 11) is 0. The first-order chi connectivity index (χ1) is 10.7. The maximum Gasteiger partial charge on any atom is 0.224 e. The summed E-state index contributed by atoms with van der Waals surface area (Å²) in [6.07, 6.45) is 3.75. The van der Waals surface area contributed by atoms with Gasteiger partial charge >= 0.3 is 0 Å². The predicted molar refractivity (Wildman–Crippen MR) is 105 cm³/mol. The molecule has 6 heteroatoms. The molecule has 1 fully saturated rings. The third-order valence-corrected chi connectivity index (χ3v) is 4.31. The van der Waals surface area contributed by atoms with Crippen molar-refractivity contribution >= 4 is 30.7 Å². The molecule has 1 heterocycles. The lowest BCUT2D eigenvalue weighted by Crippen LogP contribution is -2.50. The number of benzene rings is 1. The number of hydrogen-bond acceptors (Lipinski definition) is 3. The average Bonchev–Trinajstić information content (AvgIpc) is 2.54. The van der Waals surface area contributed by atoms with Gasteiger partial charge in [-0.1, -0.05) is 37.3 Å². The van der Waals surface area contributed by atoms with Gasteiger partial charge in [0.1, 0.15) is 0 Å². The number of likely N-dealkylation sites (tertiary alicyclic amines) is 1. The normalized spacial score (nSPS) is 17.5. The molecular weight excluding hydrogens is 345 g/mol. The number of carbonyl (C=O) groups is 1. The Kier molecular flexibility index (Phi) is 12.1. The largest absolute Gasteiger partial charge is 0.338 e. The standard InChI is InChI=1S/C18H29N3O.2ClH/c1-2-12-21(18(22)10-11-19)17-9-6-13-20(15-17)14-16-7-4-3-5-8-16;;/h3-5,7-8,17H,2,6,9-15,19H2,1H3;2*1H. The molecule has 0 bridgehead atoms. The van der Waals surface area contributed by atoms with Crippen molar-refractivity contribution in [1.82, 2.24) is 9.80 Å². The van der Waals surface area contributed by atoms with E-state index >= 15 is 0 Å². The summed E-state index contributed by atoms with van der Waals surface area (Å²) in [5, 5.41) is 0. The highest BCUT2D eigenvalue weighted by molar-refractivity contribution is 5.85. The fourth-order valence-electron chi connectivity index (χ4n) is 3.29. The Balaban J connectivity index is 0.00000264. The molecule has 2 rings (SSSR count). The molecule has 1 aromatic rings. The lowest BCUT2D eigenvalue weighted by Gasteiger charge is -2.39. The van der Waals surface area contributed by atoms with E-state index in [-0.39, 0.29) is 30.7 Å². The molecular formula is C18H31Cl2N3O. The first-order valence-electron chi connectivity index (χ1n) is 8.50. The van der Waals surface area contributed by atoms with Gasteiger partial charge in [0.2, 0.25) is 5.91 Å². The third-order valence-electron chi connectivity index (χ3n) is 4.31. The summed E-state index contributed by atoms with van der Waals surface area (Å²) in [5.41, 5.74) is 6.91. The van der Waals surface area contributed by atoms with Crippen LogP contribution in [0.3, 0.4) is 0 Å². The minimum Gasteiger partial charge on any atom is -0.338 e. The number of hydrogen-bond donors (Lipinski definition) is 1. The van der Waals surface area contributed by atoms with Crippen LogP contribution in [0.5, 0.6) is 0 Å². The number of halogens is 2. The van der Waals surface area contributed by atoms with E-state index in [1.807, 2.05) is 0 Å². The monoisotopic (exact) mass is 375 g/mol. The molecule has 1 unspecified atom stereocenters. The summed E-state index contributed by atoms with van der Waals surface area (Å²) in [5.74, 6) is 0.218. The molecule has 1 amide bonds. The Hall–Kier alpha value is -0.810. The van der Waals surface area contributed by atoms with E-state index in [2.05, 4.69) is 47.1 Å². The molecule has 0 spiro atoms. The van der Waals surface area contributed by atoms with Gasteiger partial charge in [0.05, 0.1) is 0 Å². The smallest absolute Gasteiger partial charge is 0.224 e. The zero-order valence-corrected chi connectivity index (χ0v) is 16.2. The number of amides is 1. The molecule has 24 heavy (non-hydrogen) atoms. The average molecular weight is 376 g/mol. The fourth-order valence-corrected chi connectivity index (χ4v) is 3.29. The Morgan fingerprint density at radius 1 is 1.29 bits per heavy atom. The summed E-state index contributed by atoms with van der Waals surface area (Å²) in [6.45, 7) is 6.50. The lowest BCUT2D eigenvalue weighted by atomic mass is 10.0. The van der Waals surface area contributed by atoms with Crippen LogP contribution in [0.25, 0.3) is 0 Å². The van der Waals surface area contributed by atoms with Crippen molar-refractivity contribution in [2.45, 2.75) is 45.2 Å². The van der Waals surface area contributed by atoms with Crippen LogP contribution in [0.15, 0.2) is 30.3 Å². The van der Waals surface area contributed by atoms with Gasteiger partial charge in [-0.3, -0.25) is 9.69 Å². The molecule has 1 aromatic carbocycles. The Morgan fingerprint density at radius 2 is 2.00 bits per heavy atom. The number of nitrogens with zero attached hydrogens (tertiary/aromatic N) is 2. The van der Waals surface area contributed by atoms with Gasteiger partial charge in [0.15, 0.2) is 0 Å².